The fraction of sp³-hybridized carbons (Fsp3) is 0.600. The highest BCUT2D eigenvalue weighted by molar-refractivity contribution is 5.95. The van der Waals surface area contributed by atoms with E-state index in [2.05, 4.69) is 25.8 Å². The van der Waals surface area contributed by atoms with Gasteiger partial charge in [-0.1, -0.05) is 20.8 Å². The van der Waals surface area contributed by atoms with E-state index in [4.69, 9.17) is 0 Å². The lowest BCUT2D eigenvalue weighted by atomic mass is 9.65. The minimum atomic E-state index is -4.46. The maximum absolute atomic E-state index is 13.4. The molecule has 0 radical (unpaired) electrons. The molecule has 146 valence electrons. The molecular formula is C20H24F3N3O. The highest BCUT2D eigenvalue weighted by atomic mass is 19.4. The van der Waals surface area contributed by atoms with Gasteiger partial charge in [0.15, 0.2) is 0 Å². The van der Waals surface area contributed by atoms with Gasteiger partial charge in [0.05, 0.1) is 11.3 Å². The summed E-state index contributed by atoms with van der Waals surface area (Å²) in [6.07, 6.45) is -0.570. The summed E-state index contributed by atoms with van der Waals surface area (Å²) in [6.45, 7) is 8.98. The molecule has 2 aromatic rings. The molecule has 2 aliphatic rings. The SMILES string of the molecule is Cc1nc2ccc(C(F)(F)F)cn2c1C(=O)N1CC2(C)CC1CC(C)(C)C2. The number of alkyl halides is 3. The molecule has 2 fully saturated rings. The second-order valence-corrected chi connectivity index (χ2v) is 9.34. The Morgan fingerprint density at radius 1 is 1.22 bits per heavy atom. The van der Waals surface area contributed by atoms with E-state index in [0.29, 0.717) is 17.9 Å². The number of hydrogen-bond acceptors (Lipinski definition) is 2. The molecule has 1 aliphatic carbocycles. The normalized spacial score (nSPS) is 27.4. The Morgan fingerprint density at radius 2 is 1.93 bits per heavy atom. The van der Waals surface area contributed by atoms with Crippen molar-refractivity contribution in [2.24, 2.45) is 10.8 Å². The van der Waals surface area contributed by atoms with Crippen LogP contribution in [0.2, 0.25) is 0 Å². The van der Waals surface area contributed by atoms with Crippen molar-refractivity contribution in [3.05, 3.63) is 35.3 Å². The number of hydrogen-bond donors (Lipinski definition) is 0. The van der Waals surface area contributed by atoms with Crippen molar-refractivity contribution in [2.45, 2.75) is 59.2 Å². The molecule has 2 bridgehead atoms. The van der Waals surface area contributed by atoms with E-state index in [9.17, 15) is 18.0 Å². The van der Waals surface area contributed by atoms with Crippen molar-refractivity contribution in [1.82, 2.24) is 14.3 Å². The van der Waals surface area contributed by atoms with Gasteiger partial charge in [-0.3, -0.25) is 9.20 Å². The van der Waals surface area contributed by atoms with Crippen LogP contribution in [0.1, 0.15) is 61.8 Å². The van der Waals surface area contributed by atoms with Crippen LogP contribution in [0.3, 0.4) is 0 Å². The fourth-order valence-electron chi connectivity index (χ4n) is 5.42. The molecule has 2 aromatic heterocycles. The predicted molar refractivity (Wildman–Crippen MR) is 95.5 cm³/mol. The smallest absolute Gasteiger partial charge is 0.334 e. The molecule has 2 atom stereocenters. The maximum atomic E-state index is 13.4. The molecule has 4 nitrogen and oxygen atoms in total. The van der Waals surface area contributed by atoms with E-state index < -0.39 is 11.7 Å². The second kappa shape index (κ2) is 5.49. The number of fused-ring (bicyclic) bond motifs is 3. The Balaban J connectivity index is 1.76. The van der Waals surface area contributed by atoms with Crippen molar-refractivity contribution in [3.63, 3.8) is 0 Å². The third-order valence-electron chi connectivity index (χ3n) is 6.00. The van der Waals surface area contributed by atoms with Crippen LogP contribution < -0.4 is 0 Å². The maximum Gasteiger partial charge on any atom is 0.417 e. The van der Waals surface area contributed by atoms with E-state index in [-0.39, 0.29) is 28.5 Å². The summed E-state index contributed by atoms with van der Waals surface area (Å²) in [6, 6.07) is 2.45. The molecule has 27 heavy (non-hydrogen) atoms. The first-order valence-corrected chi connectivity index (χ1v) is 9.26. The minimum Gasteiger partial charge on any atom is -0.334 e. The van der Waals surface area contributed by atoms with Crippen LogP contribution in [0.15, 0.2) is 18.3 Å². The van der Waals surface area contributed by atoms with Gasteiger partial charge in [-0.25, -0.2) is 4.98 Å². The van der Waals surface area contributed by atoms with Gasteiger partial charge < -0.3 is 4.90 Å². The first-order valence-electron chi connectivity index (χ1n) is 9.26. The summed E-state index contributed by atoms with van der Waals surface area (Å²) in [5.41, 5.74) is 0.501. The van der Waals surface area contributed by atoms with Crippen LogP contribution in [0.5, 0.6) is 0 Å². The molecular weight excluding hydrogens is 355 g/mol. The molecule has 0 N–H and O–H groups in total. The van der Waals surface area contributed by atoms with Crippen LogP contribution in [-0.4, -0.2) is 32.8 Å². The zero-order chi connectivity index (χ0) is 19.8. The monoisotopic (exact) mass is 379 g/mol. The van der Waals surface area contributed by atoms with Crippen LogP contribution in [0, 0.1) is 17.8 Å². The molecule has 0 aromatic carbocycles. The van der Waals surface area contributed by atoms with Gasteiger partial charge in [-0.05, 0) is 49.1 Å². The average Bonchev–Trinajstić information content (AvgIpc) is 2.96. The quantitative estimate of drug-likeness (QED) is 0.720. The highest BCUT2D eigenvalue weighted by Crippen LogP contribution is 2.52. The summed E-state index contributed by atoms with van der Waals surface area (Å²) in [4.78, 5) is 19.6. The van der Waals surface area contributed by atoms with E-state index >= 15 is 0 Å². The first-order chi connectivity index (χ1) is 12.4. The van der Waals surface area contributed by atoms with Crippen molar-refractivity contribution in [3.8, 4) is 0 Å². The molecule has 7 heteroatoms. The molecule has 1 saturated carbocycles. The first kappa shape index (κ1) is 18.3. The molecule has 1 aliphatic heterocycles. The van der Waals surface area contributed by atoms with E-state index in [1.807, 2.05) is 4.90 Å². The summed E-state index contributed by atoms with van der Waals surface area (Å²) in [5, 5.41) is 0. The van der Waals surface area contributed by atoms with Crippen molar-refractivity contribution < 1.29 is 18.0 Å². The Kier molecular flexibility index (Phi) is 3.72. The summed E-state index contributed by atoms with van der Waals surface area (Å²) in [7, 11) is 0. The van der Waals surface area contributed by atoms with E-state index in [1.165, 1.54) is 10.5 Å². The number of aryl methyl sites for hydroxylation is 1. The number of nitrogens with zero attached hydrogens (tertiary/aromatic N) is 3. The molecule has 4 rings (SSSR count). The Bertz CT molecular complexity index is 930. The molecule has 1 amide bonds. The lowest BCUT2D eigenvalue weighted by Crippen LogP contribution is -2.38. The van der Waals surface area contributed by atoms with E-state index in [0.717, 1.165) is 31.5 Å². The zero-order valence-electron chi connectivity index (χ0n) is 16.0. The lowest BCUT2D eigenvalue weighted by molar-refractivity contribution is -0.137. The molecule has 0 spiro atoms. The zero-order valence-corrected chi connectivity index (χ0v) is 16.0. The van der Waals surface area contributed by atoms with E-state index in [1.54, 1.807) is 6.92 Å². The number of halogens is 3. The fourth-order valence-corrected chi connectivity index (χ4v) is 5.42. The largest absolute Gasteiger partial charge is 0.417 e. The predicted octanol–water partition coefficient (Wildman–Crippen LogP) is 4.70. The van der Waals surface area contributed by atoms with Crippen LogP contribution >= 0.6 is 0 Å². The van der Waals surface area contributed by atoms with Crippen LogP contribution in [0.25, 0.3) is 5.65 Å². The number of rotatable bonds is 1. The molecule has 3 heterocycles. The standard InChI is InChI=1S/C20H24F3N3O/c1-12-16(25-9-13(20(21,22)23)5-6-15(25)24-12)17(27)26-11-19(4)8-14(26)7-18(2,3)10-19/h5-6,9,14H,7-8,10-11H2,1-4H3. The number of carbonyl (C=O) groups excluding carboxylic acids is 1. The number of likely N-dealkylation sites (tertiary alicyclic amines) is 1. The van der Waals surface area contributed by atoms with Crippen molar-refractivity contribution >= 4 is 11.6 Å². The summed E-state index contributed by atoms with van der Waals surface area (Å²) < 4.78 is 40.7. The van der Waals surface area contributed by atoms with Gasteiger partial charge in [0.2, 0.25) is 0 Å². The van der Waals surface area contributed by atoms with Crippen molar-refractivity contribution in [1.29, 1.82) is 0 Å². The number of amides is 1. The van der Waals surface area contributed by atoms with Crippen LogP contribution in [-0.2, 0) is 6.18 Å². The third-order valence-corrected chi connectivity index (χ3v) is 6.00. The summed E-state index contributed by atoms with van der Waals surface area (Å²) >= 11 is 0. The van der Waals surface area contributed by atoms with Gasteiger partial charge in [-0.2, -0.15) is 13.2 Å². The van der Waals surface area contributed by atoms with Gasteiger partial charge in [-0.15, -0.1) is 0 Å². The highest BCUT2D eigenvalue weighted by Gasteiger charge is 2.51. The van der Waals surface area contributed by atoms with Gasteiger partial charge in [0.1, 0.15) is 11.3 Å². The average molecular weight is 379 g/mol. The Hall–Kier alpha value is -2.05. The number of carbonyl (C=O) groups is 1. The molecule has 1 saturated heterocycles. The lowest BCUT2D eigenvalue weighted by Gasteiger charge is -2.39. The minimum absolute atomic E-state index is 0.0631. The van der Waals surface area contributed by atoms with Gasteiger partial charge >= 0.3 is 6.18 Å². The van der Waals surface area contributed by atoms with Crippen molar-refractivity contribution in [2.75, 3.05) is 6.54 Å². The second-order valence-electron chi connectivity index (χ2n) is 9.34. The summed E-state index contributed by atoms with van der Waals surface area (Å²) in [5.74, 6) is -0.217. The number of aromatic nitrogens is 2. The molecule has 2 unspecified atom stereocenters. The third kappa shape index (κ3) is 3.01. The number of pyridine rings is 1. The Labute approximate surface area is 156 Å². The number of imidazole rings is 1. The van der Waals surface area contributed by atoms with Gasteiger partial charge in [0.25, 0.3) is 5.91 Å². The van der Waals surface area contributed by atoms with Gasteiger partial charge in [0, 0.05) is 18.8 Å². The topological polar surface area (TPSA) is 37.6 Å². The Morgan fingerprint density at radius 3 is 2.59 bits per heavy atom. The van der Waals surface area contributed by atoms with Crippen LogP contribution in [0.4, 0.5) is 13.2 Å².